The molecule has 0 radical (unpaired) electrons. The van der Waals surface area contributed by atoms with E-state index < -0.39 is 64.6 Å². The first-order valence-electron chi connectivity index (χ1n) is 13.1. The van der Waals surface area contributed by atoms with Crippen LogP contribution in [0.3, 0.4) is 0 Å². The van der Waals surface area contributed by atoms with Crippen molar-refractivity contribution in [2.24, 2.45) is 11.8 Å². The summed E-state index contributed by atoms with van der Waals surface area (Å²) in [5.74, 6) is -1.58. The van der Waals surface area contributed by atoms with Gasteiger partial charge in [-0.05, 0) is 25.1 Å². The van der Waals surface area contributed by atoms with Gasteiger partial charge in [-0.15, -0.1) is 0 Å². The fourth-order valence-corrected chi connectivity index (χ4v) is 7.11. The Balaban J connectivity index is 1.22. The Hall–Kier alpha value is -2.92. The number of hydrogen-bond acceptors (Lipinski definition) is 8. The number of nitrogens with one attached hydrogen (secondary N) is 1. The second-order valence-corrected chi connectivity index (χ2v) is 10.9. The summed E-state index contributed by atoms with van der Waals surface area (Å²) in [6.45, 7) is 5.63. The molecular formula is C26H29F3N4O6. The summed E-state index contributed by atoms with van der Waals surface area (Å²) in [6, 6.07) is 4.28. The highest BCUT2D eigenvalue weighted by atomic mass is 19.4. The molecule has 1 N–H and O–H groups in total. The lowest BCUT2D eigenvalue weighted by atomic mass is 9.64. The van der Waals surface area contributed by atoms with Crippen molar-refractivity contribution in [3.63, 3.8) is 0 Å². The lowest BCUT2D eigenvalue weighted by Gasteiger charge is -2.42. The molecule has 6 rings (SSSR count). The van der Waals surface area contributed by atoms with Gasteiger partial charge >= 0.3 is 12.3 Å². The number of morpholine rings is 1. The quantitative estimate of drug-likeness (QED) is 0.594. The predicted molar refractivity (Wildman–Crippen MR) is 127 cm³/mol. The average Bonchev–Trinajstić information content (AvgIpc) is 3.47. The first kappa shape index (κ1) is 26.3. The number of amides is 2. The maximum Gasteiger partial charge on any atom is 0.417 e. The van der Waals surface area contributed by atoms with Gasteiger partial charge in [-0.25, -0.2) is 4.79 Å². The van der Waals surface area contributed by atoms with Gasteiger partial charge in [0.05, 0.1) is 60.2 Å². The van der Waals surface area contributed by atoms with Crippen LogP contribution in [0.1, 0.15) is 30.9 Å². The maximum absolute atomic E-state index is 13.9. The van der Waals surface area contributed by atoms with Crippen LogP contribution < -0.4 is 10.2 Å². The molecule has 0 unspecified atom stereocenters. The highest BCUT2D eigenvalue weighted by Gasteiger charge is 2.78. The second kappa shape index (κ2) is 9.33. The average molecular weight is 551 g/mol. The van der Waals surface area contributed by atoms with Crippen LogP contribution in [0.15, 0.2) is 18.2 Å². The van der Waals surface area contributed by atoms with E-state index in [4.69, 9.17) is 18.9 Å². The molecule has 5 heterocycles. The van der Waals surface area contributed by atoms with E-state index >= 15 is 0 Å². The number of hydrogen-bond donors (Lipinski definition) is 1. The molecule has 2 bridgehead atoms. The molecule has 1 aromatic rings. The van der Waals surface area contributed by atoms with Crippen LogP contribution in [0.2, 0.25) is 0 Å². The van der Waals surface area contributed by atoms with E-state index in [9.17, 15) is 28.0 Å². The number of rotatable bonds is 5. The van der Waals surface area contributed by atoms with Crippen LogP contribution in [0, 0.1) is 23.2 Å². The summed E-state index contributed by atoms with van der Waals surface area (Å²) in [6.07, 6.45) is -5.25. The van der Waals surface area contributed by atoms with Gasteiger partial charge in [0.15, 0.2) is 0 Å². The van der Waals surface area contributed by atoms with Crippen molar-refractivity contribution < 1.29 is 41.7 Å². The third-order valence-electron chi connectivity index (χ3n) is 8.87. The molecule has 5 saturated heterocycles. The molecule has 5 fully saturated rings. The summed E-state index contributed by atoms with van der Waals surface area (Å²) < 4.78 is 64.3. The van der Waals surface area contributed by atoms with Gasteiger partial charge in [0.25, 0.3) is 0 Å². The number of nitriles is 1. The smallest absolute Gasteiger partial charge is 0.417 e. The van der Waals surface area contributed by atoms with E-state index in [2.05, 4.69) is 10.2 Å². The predicted octanol–water partition coefficient (Wildman–Crippen LogP) is 2.26. The fraction of sp³-hybridized carbons (Fsp3) is 0.654. The standard InChI is InChI=1S/C26H29F3N4O6/c1-24-18(31-23(35)38-11-7-32-5-9-36-10-6-32)13-25(39-24)4-8-37-22-20(25)19(24)21(34)33(22)16-3-2-15(14-30)17(12-16)26(27,28)29/h2-3,12,18-20,22H,4-11,13H2,1H3,(H,31,35)/t18-,19+,20-,22-,24+,25-/m1/s1. The maximum atomic E-state index is 13.9. The fourth-order valence-electron chi connectivity index (χ4n) is 7.11. The van der Waals surface area contributed by atoms with Gasteiger partial charge in [-0.3, -0.25) is 14.6 Å². The molecule has 10 nitrogen and oxygen atoms in total. The number of alkyl halides is 3. The van der Waals surface area contributed by atoms with Crippen molar-refractivity contribution in [1.29, 1.82) is 5.26 Å². The monoisotopic (exact) mass is 550 g/mol. The minimum Gasteiger partial charge on any atom is -0.448 e. The topological polar surface area (TPSA) is 113 Å². The zero-order valence-electron chi connectivity index (χ0n) is 21.3. The van der Waals surface area contributed by atoms with Crippen LogP contribution >= 0.6 is 0 Å². The van der Waals surface area contributed by atoms with E-state index in [1.54, 1.807) is 13.0 Å². The SMILES string of the molecule is C[C@@]12O[C@]3(CCO[C@@H]4[C@H]3[C@H]1C(=O)N4c1ccc(C#N)c(C(F)(F)F)c1)C[C@H]2NC(=O)OCCN1CCOCC1. The summed E-state index contributed by atoms with van der Waals surface area (Å²) in [7, 11) is 0. The Morgan fingerprint density at radius 2 is 2.05 bits per heavy atom. The van der Waals surface area contributed by atoms with Crippen LogP contribution in [0.5, 0.6) is 0 Å². The third kappa shape index (κ3) is 4.16. The van der Waals surface area contributed by atoms with Gasteiger partial charge in [-0.1, -0.05) is 0 Å². The van der Waals surface area contributed by atoms with Gasteiger partial charge in [0.2, 0.25) is 5.91 Å². The summed E-state index contributed by atoms with van der Waals surface area (Å²) in [5.41, 5.74) is -3.48. The zero-order valence-corrected chi connectivity index (χ0v) is 21.3. The highest BCUT2D eigenvalue weighted by Crippen LogP contribution is 2.65. The molecule has 1 spiro atoms. The Labute approximate surface area is 222 Å². The number of ether oxygens (including phenoxy) is 4. The van der Waals surface area contributed by atoms with E-state index in [1.165, 1.54) is 11.0 Å². The van der Waals surface area contributed by atoms with Crippen LogP contribution in [-0.4, -0.2) is 86.4 Å². The number of carbonyl (C=O) groups excluding carboxylic acids is 2. The third-order valence-corrected chi connectivity index (χ3v) is 8.87. The van der Waals surface area contributed by atoms with E-state index in [1.807, 2.05) is 0 Å². The van der Waals surface area contributed by atoms with E-state index in [0.717, 1.165) is 25.2 Å². The molecule has 0 aromatic heterocycles. The molecule has 210 valence electrons. The normalized spacial score (nSPS) is 35.6. The molecule has 0 aliphatic carbocycles. The number of benzene rings is 1. The lowest BCUT2D eigenvalue weighted by molar-refractivity contribution is -0.141. The lowest BCUT2D eigenvalue weighted by Crippen LogP contribution is -2.58. The number of alkyl carbamates (subject to hydrolysis) is 1. The summed E-state index contributed by atoms with van der Waals surface area (Å²) >= 11 is 0. The Morgan fingerprint density at radius 1 is 1.28 bits per heavy atom. The Morgan fingerprint density at radius 3 is 2.77 bits per heavy atom. The molecule has 6 atom stereocenters. The number of anilines is 1. The van der Waals surface area contributed by atoms with Crippen molar-refractivity contribution in [3.05, 3.63) is 29.3 Å². The molecule has 0 saturated carbocycles. The minimum absolute atomic E-state index is 0.0119. The van der Waals surface area contributed by atoms with Gasteiger partial charge in [0, 0.05) is 44.1 Å². The van der Waals surface area contributed by atoms with Crippen molar-refractivity contribution in [1.82, 2.24) is 10.2 Å². The number of fused-ring (bicyclic) bond motifs is 2. The van der Waals surface area contributed by atoms with Crippen molar-refractivity contribution in [3.8, 4) is 6.07 Å². The van der Waals surface area contributed by atoms with E-state index in [-0.39, 0.29) is 18.9 Å². The molecule has 5 aliphatic rings. The van der Waals surface area contributed by atoms with Gasteiger partial charge in [-0.2, -0.15) is 18.4 Å². The largest absolute Gasteiger partial charge is 0.448 e. The van der Waals surface area contributed by atoms with Crippen LogP contribution in [-0.2, 0) is 29.9 Å². The zero-order chi connectivity index (χ0) is 27.6. The van der Waals surface area contributed by atoms with Gasteiger partial charge < -0.3 is 24.3 Å². The van der Waals surface area contributed by atoms with E-state index in [0.29, 0.717) is 32.6 Å². The van der Waals surface area contributed by atoms with Crippen molar-refractivity contribution in [2.75, 3.05) is 51.0 Å². The number of nitrogens with zero attached hydrogens (tertiary/aromatic N) is 3. The molecule has 13 heteroatoms. The first-order chi connectivity index (χ1) is 18.6. The Bertz CT molecular complexity index is 1220. The molecule has 39 heavy (non-hydrogen) atoms. The van der Waals surface area contributed by atoms with Crippen LogP contribution in [0.25, 0.3) is 0 Å². The van der Waals surface area contributed by atoms with Crippen LogP contribution in [0.4, 0.5) is 23.7 Å². The molecule has 5 aliphatic heterocycles. The minimum atomic E-state index is -4.76. The Kier molecular flexibility index (Phi) is 6.29. The highest BCUT2D eigenvalue weighted by molar-refractivity contribution is 6.00. The van der Waals surface area contributed by atoms with Crippen molar-refractivity contribution >= 4 is 17.7 Å². The number of carbonyl (C=O) groups is 2. The molecular weight excluding hydrogens is 521 g/mol. The molecule has 1 aromatic carbocycles. The summed E-state index contributed by atoms with van der Waals surface area (Å²) in [5, 5.41) is 12.1. The second-order valence-electron chi connectivity index (χ2n) is 10.9. The number of halogens is 3. The molecule has 2 amide bonds. The van der Waals surface area contributed by atoms with Gasteiger partial charge in [0.1, 0.15) is 12.8 Å². The first-order valence-corrected chi connectivity index (χ1v) is 13.1. The summed E-state index contributed by atoms with van der Waals surface area (Å²) in [4.78, 5) is 30.0. The van der Waals surface area contributed by atoms with Crippen molar-refractivity contribution in [2.45, 2.75) is 49.4 Å².